The van der Waals surface area contributed by atoms with Gasteiger partial charge in [-0.2, -0.15) is 0 Å². The minimum Gasteiger partial charge on any atom is -0.465 e. The van der Waals surface area contributed by atoms with Gasteiger partial charge >= 0.3 is 6.09 Å². The molecule has 0 spiro atoms. The summed E-state index contributed by atoms with van der Waals surface area (Å²) in [6.07, 6.45) is 2.51. The van der Waals surface area contributed by atoms with Crippen LogP contribution in [0.2, 0.25) is 0 Å². The maximum absolute atomic E-state index is 11.2. The summed E-state index contributed by atoms with van der Waals surface area (Å²) in [6, 6.07) is 5.49. The van der Waals surface area contributed by atoms with E-state index in [9.17, 15) is 15.0 Å². The summed E-state index contributed by atoms with van der Waals surface area (Å²) in [7, 11) is 0. The number of aromatic nitrogens is 1. The number of hydrogen-bond donors (Lipinski definition) is 2. The predicted octanol–water partition coefficient (Wildman–Crippen LogP) is 2.67. The van der Waals surface area contributed by atoms with Crippen molar-refractivity contribution in [3.63, 3.8) is 0 Å². The third kappa shape index (κ3) is 3.28. The zero-order chi connectivity index (χ0) is 14.8. The van der Waals surface area contributed by atoms with Crippen molar-refractivity contribution in [1.82, 2.24) is 9.88 Å². The highest BCUT2D eigenvalue weighted by Crippen LogP contribution is 2.36. The Labute approximate surface area is 119 Å². The SMILES string of the molecule is CC1(C)C[C@H](CCC(O)c2ccccn2)CN1C(=O)O. The second-order valence-corrected chi connectivity index (χ2v) is 6.12. The van der Waals surface area contributed by atoms with E-state index >= 15 is 0 Å². The zero-order valence-electron chi connectivity index (χ0n) is 12.0. The molecule has 1 saturated heterocycles. The fourth-order valence-corrected chi connectivity index (χ4v) is 3.03. The molecule has 2 rings (SSSR count). The molecule has 5 nitrogen and oxygen atoms in total. The van der Waals surface area contributed by atoms with E-state index in [0.29, 0.717) is 24.6 Å². The molecule has 1 amide bonds. The van der Waals surface area contributed by atoms with Crippen molar-refractivity contribution in [1.29, 1.82) is 0 Å². The monoisotopic (exact) mass is 278 g/mol. The minimum atomic E-state index is -0.859. The summed E-state index contributed by atoms with van der Waals surface area (Å²) in [6.45, 7) is 4.46. The minimum absolute atomic E-state index is 0.305. The summed E-state index contributed by atoms with van der Waals surface area (Å²) in [5.74, 6) is 0.305. The number of carbonyl (C=O) groups is 1. The Bertz CT molecular complexity index is 461. The van der Waals surface area contributed by atoms with Crippen molar-refractivity contribution < 1.29 is 15.0 Å². The van der Waals surface area contributed by atoms with Gasteiger partial charge in [0.1, 0.15) is 0 Å². The first-order valence-electron chi connectivity index (χ1n) is 7.00. The molecule has 1 unspecified atom stereocenters. The van der Waals surface area contributed by atoms with E-state index in [4.69, 9.17) is 0 Å². The molecule has 2 heterocycles. The first-order valence-corrected chi connectivity index (χ1v) is 7.00. The lowest BCUT2D eigenvalue weighted by molar-refractivity contribution is 0.116. The zero-order valence-corrected chi connectivity index (χ0v) is 12.0. The van der Waals surface area contributed by atoms with Gasteiger partial charge in [-0.05, 0) is 51.2 Å². The number of hydrogen-bond acceptors (Lipinski definition) is 3. The van der Waals surface area contributed by atoms with Crippen LogP contribution in [0.3, 0.4) is 0 Å². The third-order valence-corrected chi connectivity index (χ3v) is 4.07. The van der Waals surface area contributed by atoms with Crippen LogP contribution < -0.4 is 0 Å². The molecule has 1 fully saturated rings. The lowest BCUT2D eigenvalue weighted by Gasteiger charge is -2.28. The van der Waals surface area contributed by atoms with Gasteiger partial charge < -0.3 is 15.1 Å². The first kappa shape index (κ1) is 14.8. The normalized spacial score (nSPS) is 22.8. The van der Waals surface area contributed by atoms with Crippen molar-refractivity contribution >= 4 is 6.09 Å². The van der Waals surface area contributed by atoms with E-state index in [1.165, 1.54) is 4.90 Å². The molecular formula is C15H22N2O3. The van der Waals surface area contributed by atoms with Gasteiger partial charge in [-0.1, -0.05) is 6.07 Å². The largest absolute Gasteiger partial charge is 0.465 e. The standard InChI is InChI=1S/C15H22N2O3/c1-15(2)9-11(10-17(15)14(19)20)6-7-13(18)12-5-3-4-8-16-12/h3-5,8,11,13,18H,6-7,9-10H2,1-2H3,(H,19,20)/t11-,13?/m0/s1. The van der Waals surface area contributed by atoms with Gasteiger partial charge in [0.05, 0.1) is 11.8 Å². The Morgan fingerprint density at radius 1 is 1.55 bits per heavy atom. The third-order valence-electron chi connectivity index (χ3n) is 4.07. The van der Waals surface area contributed by atoms with Crippen LogP contribution in [0, 0.1) is 5.92 Å². The summed E-state index contributed by atoms with van der Waals surface area (Å²) < 4.78 is 0. The number of nitrogens with zero attached hydrogens (tertiary/aromatic N) is 2. The first-order chi connectivity index (χ1) is 9.40. The Morgan fingerprint density at radius 2 is 2.30 bits per heavy atom. The molecule has 2 N–H and O–H groups in total. The molecule has 20 heavy (non-hydrogen) atoms. The highest BCUT2D eigenvalue weighted by molar-refractivity contribution is 5.66. The van der Waals surface area contributed by atoms with Crippen LogP contribution in [-0.4, -0.2) is 38.3 Å². The van der Waals surface area contributed by atoms with Crippen LogP contribution >= 0.6 is 0 Å². The summed E-state index contributed by atoms with van der Waals surface area (Å²) >= 11 is 0. The predicted molar refractivity (Wildman–Crippen MR) is 75.3 cm³/mol. The van der Waals surface area contributed by atoms with Crippen LogP contribution in [0.4, 0.5) is 4.79 Å². The summed E-state index contributed by atoms with van der Waals surface area (Å²) in [5.41, 5.74) is 0.367. The number of rotatable bonds is 4. The number of likely N-dealkylation sites (tertiary alicyclic amines) is 1. The van der Waals surface area contributed by atoms with E-state index < -0.39 is 12.2 Å². The molecule has 5 heteroatoms. The summed E-state index contributed by atoms with van der Waals surface area (Å²) in [4.78, 5) is 16.8. The smallest absolute Gasteiger partial charge is 0.407 e. The molecule has 0 saturated carbocycles. The Kier molecular flexibility index (Phi) is 4.28. The van der Waals surface area contributed by atoms with Crippen molar-refractivity contribution in [3.05, 3.63) is 30.1 Å². The molecule has 0 bridgehead atoms. The van der Waals surface area contributed by atoms with Crippen molar-refractivity contribution in [3.8, 4) is 0 Å². The molecule has 1 aliphatic heterocycles. The highest BCUT2D eigenvalue weighted by atomic mass is 16.4. The highest BCUT2D eigenvalue weighted by Gasteiger charge is 2.41. The molecule has 0 aliphatic carbocycles. The molecule has 1 aromatic heterocycles. The topological polar surface area (TPSA) is 73.7 Å². The van der Waals surface area contributed by atoms with Gasteiger partial charge in [-0.15, -0.1) is 0 Å². The maximum Gasteiger partial charge on any atom is 0.407 e. The van der Waals surface area contributed by atoms with E-state index in [-0.39, 0.29) is 5.54 Å². The van der Waals surface area contributed by atoms with Gasteiger partial charge in [0, 0.05) is 18.3 Å². The number of carboxylic acid groups (broad SMARTS) is 1. The number of amides is 1. The molecule has 0 aromatic carbocycles. The van der Waals surface area contributed by atoms with Gasteiger partial charge in [-0.3, -0.25) is 4.98 Å². The molecule has 110 valence electrons. The molecular weight excluding hydrogens is 256 g/mol. The lowest BCUT2D eigenvalue weighted by Crippen LogP contribution is -2.41. The van der Waals surface area contributed by atoms with Crippen molar-refractivity contribution in [2.45, 2.75) is 44.8 Å². The Balaban J connectivity index is 1.88. The molecule has 1 aliphatic rings. The van der Waals surface area contributed by atoms with Crippen LogP contribution in [0.5, 0.6) is 0 Å². The number of aliphatic hydroxyl groups is 1. The average Bonchev–Trinajstić information content (AvgIpc) is 2.72. The fraction of sp³-hybridized carbons (Fsp3) is 0.600. The quantitative estimate of drug-likeness (QED) is 0.888. The summed E-state index contributed by atoms with van der Waals surface area (Å²) in [5, 5.41) is 19.3. The van der Waals surface area contributed by atoms with Crippen molar-refractivity contribution in [2.75, 3.05) is 6.54 Å². The van der Waals surface area contributed by atoms with Crippen LogP contribution in [0.25, 0.3) is 0 Å². The maximum atomic E-state index is 11.2. The number of aliphatic hydroxyl groups excluding tert-OH is 1. The van der Waals surface area contributed by atoms with Crippen molar-refractivity contribution in [2.24, 2.45) is 5.92 Å². The Morgan fingerprint density at radius 3 is 2.85 bits per heavy atom. The van der Waals surface area contributed by atoms with Gasteiger partial charge in [0.2, 0.25) is 0 Å². The molecule has 0 radical (unpaired) electrons. The van der Waals surface area contributed by atoms with Crippen LogP contribution in [0.1, 0.15) is 44.9 Å². The van der Waals surface area contributed by atoms with E-state index in [1.807, 2.05) is 32.0 Å². The molecule has 1 aromatic rings. The van der Waals surface area contributed by atoms with E-state index in [0.717, 1.165) is 12.8 Å². The van der Waals surface area contributed by atoms with Gasteiger partial charge in [0.25, 0.3) is 0 Å². The van der Waals surface area contributed by atoms with Gasteiger partial charge in [-0.25, -0.2) is 4.79 Å². The second kappa shape index (κ2) is 5.79. The van der Waals surface area contributed by atoms with Crippen LogP contribution in [-0.2, 0) is 0 Å². The molecule has 2 atom stereocenters. The van der Waals surface area contributed by atoms with Gasteiger partial charge in [0.15, 0.2) is 0 Å². The number of pyridine rings is 1. The van der Waals surface area contributed by atoms with E-state index in [2.05, 4.69) is 4.98 Å². The fourth-order valence-electron chi connectivity index (χ4n) is 3.03. The second-order valence-electron chi connectivity index (χ2n) is 6.12. The Hall–Kier alpha value is -1.62. The lowest BCUT2D eigenvalue weighted by atomic mass is 9.92. The van der Waals surface area contributed by atoms with E-state index in [1.54, 1.807) is 6.20 Å². The average molecular weight is 278 g/mol. The van der Waals surface area contributed by atoms with Crippen LogP contribution in [0.15, 0.2) is 24.4 Å².